The fraction of sp³-hybridized carbons (Fsp3) is 0.944. The molecule has 118 valence electrons. The zero-order valence-corrected chi connectivity index (χ0v) is 15.0. The normalized spacial score (nSPS) is 20.6. The van der Waals surface area contributed by atoms with E-state index in [0.29, 0.717) is 11.7 Å². The van der Waals surface area contributed by atoms with Gasteiger partial charge in [0.1, 0.15) is 5.78 Å². The Labute approximate surface area is 123 Å². The van der Waals surface area contributed by atoms with Gasteiger partial charge < -0.3 is 0 Å². The highest BCUT2D eigenvalue weighted by atomic mass is 16.1. The van der Waals surface area contributed by atoms with E-state index in [0.717, 1.165) is 31.6 Å². The van der Waals surface area contributed by atoms with Crippen molar-refractivity contribution in [1.29, 1.82) is 0 Å². The van der Waals surface area contributed by atoms with Crippen molar-refractivity contribution < 1.29 is 4.79 Å². The van der Waals surface area contributed by atoms with Crippen LogP contribution in [0.2, 0.25) is 0 Å². The summed E-state index contributed by atoms with van der Waals surface area (Å²) >= 11 is 0. The molecule has 1 fully saturated rings. The van der Waals surface area contributed by atoms with E-state index in [1.54, 1.807) is 0 Å². The molecule has 0 bridgehead atoms. The van der Waals surface area contributed by atoms with Crippen molar-refractivity contribution in [3.05, 3.63) is 0 Å². The van der Waals surface area contributed by atoms with Gasteiger partial charge in [-0.25, -0.2) is 0 Å². The van der Waals surface area contributed by atoms with Gasteiger partial charge in [0.05, 0.1) is 0 Å². The predicted octanol–water partition coefficient (Wildman–Crippen LogP) is 6.65. The van der Waals surface area contributed by atoms with Crippen molar-refractivity contribution >= 4 is 5.78 Å². The molecule has 0 aromatic rings. The first-order valence-corrected chi connectivity index (χ1v) is 8.68. The maximum atomic E-state index is 11.5. The summed E-state index contributed by atoms with van der Waals surface area (Å²) in [5.41, 5.74) is 0. The summed E-state index contributed by atoms with van der Waals surface area (Å²) in [7, 11) is 0. The second-order valence-corrected chi connectivity index (χ2v) is 4.89. The Kier molecular flexibility index (Phi) is 25.0. The first-order valence-electron chi connectivity index (χ1n) is 8.68. The van der Waals surface area contributed by atoms with E-state index in [4.69, 9.17) is 0 Å². The van der Waals surface area contributed by atoms with Gasteiger partial charge in [0.2, 0.25) is 0 Å². The molecule has 1 saturated carbocycles. The van der Waals surface area contributed by atoms with Crippen molar-refractivity contribution in [2.24, 2.45) is 11.8 Å². The quantitative estimate of drug-likeness (QED) is 0.562. The van der Waals surface area contributed by atoms with Crippen molar-refractivity contribution in [3.63, 3.8) is 0 Å². The molecule has 1 heteroatoms. The Balaban J connectivity index is -0.000000313. The Morgan fingerprint density at radius 3 is 1.84 bits per heavy atom. The molecule has 0 heterocycles. The minimum absolute atomic E-state index is 0.411. The standard InChI is InChI=1S/C11H20O.C3H8.2C2H6/c1-3-5-11(12)10-7-4-6-9(2)8-10;1-3-2;2*1-2/h9-10H,3-8H2,1-2H3;3H2,1-2H3;2*1-2H3. The second-order valence-electron chi connectivity index (χ2n) is 4.89. The smallest absolute Gasteiger partial charge is 0.135 e. The van der Waals surface area contributed by atoms with Crippen molar-refractivity contribution in [2.45, 2.75) is 100 Å². The van der Waals surface area contributed by atoms with E-state index in [1.807, 2.05) is 27.7 Å². The van der Waals surface area contributed by atoms with Crippen LogP contribution in [0.1, 0.15) is 100 Å². The zero-order valence-electron chi connectivity index (χ0n) is 15.0. The van der Waals surface area contributed by atoms with Crippen molar-refractivity contribution in [3.8, 4) is 0 Å². The summed E-state index contributed by atoms with van der Waals surface area (Å²) in [5, 5.41) is 0. The molecule has 1 nitrogen and oxygen atoms in total. The molecule has 0 spiro atoms. The highest BCUT2D eigenvalue weighted by Gasteiger charge is 2.23. The fourth-order valence-electron chi connectivity index (χ4n) is 2.18. The Hall–Kier alpha value is -0.330. The number of hydrogen-bond acceptors (Lipinski definition) is 1. The molecule has 2 unspecified atom stereocenters. The second kappa shape index (κ2) is 20.0. The lowest BCUT2D eigenvalue weighted by Crippen LogP contribution is -2.21. The summed E-state index contributed by atoms with van der Waals surface area (Å²) in [4.78, 5) is 11.5. The Bertz CT molecular complexity index is 163. The van der Waals surface area contributed by atoms with Crippen LogP contribution in [0.4, 0.5) is 0 Å². The average Bonchev–Trinajstić information content (AvgIpc) is 2.44. The van der Waals surface area contributed by atoms with Crippen LogP contribution in [-0.4, -0.2) is 5.78 Å². The van der Waals surface area contributed by atoms with Gasteiger partial charge in [0, 0.05) is 12.3 Å². The molecule has 1 aliphatic carbocycles. The number of rotatable bonds is 3. The van der Waals surface area contributed by atoms with E-state index in [-0.39, 0.29) is 0 Å². The van der Waals surface area contributed by atoms with E-state index in [2.05, 4.69) is 27.7 Å². The summed E-state index contributed by atoms with van der Waals surface area (Å²) in [6.07, 6.45) is 7.97. The van der Waals surface area contributed by atoms with Crippen LogP contribution in [0.5, 0.6) is 0 Å². The van der Waals surface area contributed by atoms with E-state index in [9.17, 15) is 4.79 Å². The molecule has 0 aromatic heterocycles. The zero-order chi connectivity index (χ0) is 15.7. The number of Topliss-reactive ketones (excluding diaryl/α,β-unsaturated/α-hetero) is 1. The third-order valence-corrected chi connectivity index (χ3v) is 2.89. The third kappa shape index (κ3) is 15.6. The van der Waals surface area contributed by atoms with Gasteiger partial charge in [0.15, 0.2) is 0 Å². The van der Waals surface area contributed by atoms with Crippen LogP contribution >= 0.6 is 0 Å². The number of carbonyl (C=O) groups excluding carboxylic acids is 1. The summed E-state index contributed by atoms with van der Waals surface area (Å²) in [6, 6.07) is 0. The van der Waals surface area contributed by atoms with Crippen molar-refractivity contribution in [1.82, 2.24) is 0 Å². The highest BCUT2D eigenvalue weighted by Crippen LogP contribution is 2.29. The monoisotopic (exact) mass is 272 g/mol. The molecule has 19 heavy (non-hydrogen) atoms. The third-order valence-electron chi connectivity index (χ3n) is 2.89. The van der Waals surface area contributed by atoms with Crippen molar-refractivity contribution in [2.75, 3.05) is 0 Å². The summed E-state index contributed by atoms with van der Waals surface area (Å²) in [5.74, 6) is 1.71. The lowest BCUT2D eigenvalue weighted by molar-refractivity contribution is -0.124. The van der Waals surface area contributed by atoms with Crippen LogP contribution in [0.25, 0.3) is 0 Å². The van der Waals surface area contributed by atoms with Gasteiger partial charge in [-0.05, 0) is 25.2 Å². The van der Waals surface area contributed by atoms with Crippen LogP contribution < -0.4 is 0 Å². The minimum atomic E-state index is 0.411. The molecule has 0 aliphatic heterocycles. The first kappa shape index (κ1) is 23.7. The molecule has 1 rings (SSSR count). The van der Waals surface area contributed by atoms with Crippen LogP contribution in [0.15, 0.2) is 0 Å². The molecular weight excluding hydrogens is 232 g/mol. The average molecular weight is 273 g/mol. The van der Waals surface area contributed by atoms with E-state index < -0.39 is 0 Å². The molecule has 0 saturated heterocycles. The SMILES string of the molecule is CC.CC.CCC.CCCC(=O)C1CCCC(C)C1. The summed E-state index contributed by atoms with van der Waals surface area (Å²) < 4.78 is 0. The molecule has 0 N–H and O–H groups in total. The maximum absolute atomic E-state index is 11.5. The van der Waals surface area contributed by atoms with Gasteiger partial charge >= 0.3 is 0 Å². The van der Waals surface area contributed by atoms with Crippen LogP contribution in [0, 0.1) is 11.8 Å². The lowest BCUT2D eigenvalue weighted by Gasteiger charge is -2.25. The first-order chi connectivity index (χ1) is 9.15. The van der Waals surface area contributed by atoms with Crippen LogP contribution in [0.3, 0.4) is 0 Å². The number of ketones is 1. The van der Waals surface area contributed by atoms with Gasteiger partial charge in [-0.15, -0.1) is 0 Å². The summed E-state index contributed by atoms with van der Waals surface area (Å²) in [6.45, 7) is 16.6. The molecule has 2 atom stereocenters. The topological polar surface area (TPSA) is 17.1 Å². The number of hydrogen-bond donors (Lipinski definition) is 0. The molecule has 1 aliphatic rings. The molecule has 0 amide bonds. The fourth-order valence-corrected chi connectivity index (χ4v) is 2.18. The van der Waals surface area contributed by atoms with Gasteiger partial charge in [0.25, 0.3) is 0 Å². The number of carbonyl (C=O) groups is 1. The van der Waals surface area contributed by atoms with Gasteiger partial charge in [-0.3, -0.25) is 4.79 Å². The largest absolute Gasteiger partial charge is 0.299 e. The predicted molar refractivity (Wildman–Crippen MR) is 89.7 cm³/mol. The Morgan fingerprint density at radius 2 is 1.47 bits per heavy atom. The maximum Gasteiger partial charge on any atom is 0.135 e. The van der Waals surface area contributed by atoms with Gasteiger partial charge in [-0.1, -0.05) is 74.7 Å². The van der Waals surface area contributed by atoms with E-state index >= 15 is 0 Å². The lowest BCUT2D eigenvalue weighted by atomic mass is 9.79. The van der Waals surface area contributed by atoms with E-state index in [1.165, 1.54) is 19.3 Å². The Morgan fingerprint density at radius 1 is 1.00 bits per heavy atom. The minimum Gasteiger partial charge on any atom is -0.299 e. The highest BCUT2D eigenvalue weighted by molar-refractivity contribution is 5.80. The molecular formula is C18H40O. The molecule has 0 radical (unpaired) electrons. The molecule has 0 aromatic carbocycles. The van der Waals surface area contributed by atoms with Crippen LogP contribution in [-0.2, 0) is 4.79 Å². The van der Waals surface area contributed by atoms with Gasteiger partial charge in [-0.2, -0.15) is 0 Å².